The van der Waals surface area contributed by atoms with E-state index in [1.54, 1.807) is 0 Å². The molecule has 1 amide bonds. The van der Waals surface area contributed by atoms with Crippen LogP contribution in [0.25, 0.3) is 0 Å². The van der Waals surface area contributed by atoms with E-state index in [1.807, 2.05) is 6.92 Å². The zero-order chi connectivity index (χ0) is 15.4. The second-order valence-corrected chi connectivity index (χ2v) is 5.20. The number of piperidine rings is 1. The van der Waals surface area contributed by atoms with Crippen molar-refractivity contribution < 1.29 is 19.4 Å². The molecule has 1 N–H and O–H groups in total. The monoisotopic (exact) mass is 312 g/mol. The molecular weight excluding hydrogens is 296 g/mol. The van der Waals surface area contributed by atoms with E-state index in [1.165, 1.54) is 17.2 Å². The molecule has 2 heterocycles. The molecule has 0 spiro atoms. The number of pyridine rings is 1. The van der Waals surface area contributed by atoms with E-state index >= 15 is 0 Å². The number of carbonyl (C=O) groups is 2. The highest BCUT2D eigenvalue weighted by molar-refractivity contribution is 6.32. The normalized spacial score (nSPS) is 18.4. The van der Waals surface area contributed by atoms with Crippen molar-refractivity contribution in [3.63, 3.8) is 0 Å². The molecule has 0 aromatic carbocycles. The lowest BCUT2D eigenvalue weighted by atomic mass is 10.0. The quantitative estimate of drug-likeness (QED) is 0.922. The van der Waals surface area contributed by atoms with E-state index in [4.69, 9.17) is 16.3 Å². The third kappa shape index (κ3) is 3.44. The Kier molecular flexibility index (Phi) is 5.01. The number of hydrogen-bond acceptors (Lipinski definition) is 4. The van der Waals surface area contributed by atoms with Gasteiger partial charge in [-0.3, -0.25) is 4.79 Å². The van der Waals surface area contributed by atoms with Crippen LogP contribution < -0.4 is 4.74 Å². The zero-order valence-electron chi connectivity index (χ0n) is 11.7. The minimum absolute atomic E-state index is 0.242. The number of likely N-dealkylation sites (tertiary alicyclic amines) is 1. The standard InChI is InChI=1S/C14H17ClN2O4/c1-2-21-12-10(15)7-9(8-16-12)13(18)17-6-4-3-5-11(17)14(19)20/h7-8,11H,2-6H2,1H3,(H,19,20)/t11-/m1/s1. The van der Waals surface area contributed by atoms with Gasteiger partial charge in [0.15, 0.2) is 0 Å². The highest BCUT2D eigenvalue weighted by Crippen LogP contribution is 2.25. The Labute approximate surface area is 127 Å². The molecule has 1 aromatic rings. The highest BCUT2D eigenvalue weighted by atomic mass is 35.5. The Morgan fingerprint density at radius 3 is 2.90 bits per heavy atom. The Morgan fingerprint density at radius 1 is 1.52 bits per heavy atom. The van der Waals surface area contributed by atoms with Crippen molar-refractivity contribution in [3.8, 4) is 5.88 Å². The summed E-state index contributed by atoms with van der Waals surface area (Å²) in [5.74, 6) is -1.07. The lowest BCUT2D eigenvalue weighted by Gasteiger charge is -2.32. The maximum absolute atomic E-state index is 12.5. The number of hydrogen-bond donors (Lipinski definition) is 1. The Hall–Kier alpha value is -1.82. The number of carboxylic acids is 1. The van der Waals surface area contributed by atoms with Crippen LogP contribution in [0.1, 0.15) is 36.5 Å². The van der Waals surface area contributed by atoms with Crippen molar-refractivity contribution in [3.05, 3.63) is 22.8 Å². The average Bonchev–Trinajstić information content (AvgIpc) is 2.48. The first-order valence-electron chi connectivity index (χ1n) is 6.86. The maximum atomic E-state index is 12.5. The predicted octanol–water partition coefficient (Wildman–Crippen LogP) is 2.21. The lowest BCUT2D eigenvalue weighted by Crippen LogP contribution is -2.48. The first-order chi connectivity index (χ1) is 10.0. The van der Waals surface area contributed by atoms with Crippen LogP contribution in [-0.2, 0) is 4.79 Å². The van der Waals surface area contributed by atoms with Crippen molar-refractivity contribution >= 4 is 23.5 Å². The van der Waals surface area contributed by atoms with Crippen molar-refractivity contribution in [2.75, 3.05) is 13.2 Å². The summed E-state index contributed by atoms with van der Waals surface area (Å²) in [6, 6.07) is 0.687. The van der Waals surface area contributed by atoms with Gasteiger partial charge in [-0.05, 0) is 32.3 Å². The summed E-state index contributed by atoms with van der Waals surface area (Å²) in [6.45, 7) is 2.66. The fraction of sp³-hybridized carbons (Fsp3) is 0.500. The van der Waals surface area contributed by atoms with Gasteiger partial charge < -0.3 is 14.7 Å². The third-order valence-electron chi connectivity index (χ3n) is 3.38. The smallest absolute Gasteiger partial charge is 0.326 e. The molecule has 0 saturated carbocycles. The molecule has 1 saturated heterocycles. The van der Waals surface area contributed by atoms with Gasteiger partial charge in [-0.2, -0.15) is 0 Å². The molecule has 114 valence electrons. The van der Waals surface area contributed by atoms with Crippen LogP contribution in [0.5, 0.6) is 5.88 Å². The number of rotatable bonds is 4. The van der Waals surface area contributed by atoms with Crippen LogP contribution >= 0.6 is 11.6 Å². The van der Waals surface area contributed by atoms with Crippen LogP contribution in [-0.4, -0.2) is 46.1 Å². The average molecular weight is 313 g/mol. The molecule has 0 aliphatic carbocycles. The van der Waals surface area contributed by atoms with Gasteiger partial charge in [-0.1, -0.05) is 11.6 Å². The van der Waals surface area contributed by atoms with Gasteiger partial charge >= 0.3 is 5.97 Å². The molecule has 2 rings (SSSR count). The molecule has 1 fully saturated rings. The molecule has 7 heteroatoms. The number of aromatic nitrogens is 1. The molecule has 6 nitrogen and oxygen atoms in total. The predicted molar refractivity (Wildman–Crippen MR) is 76.7 cm³/mol. The molecule has 1 atom stereocenters. The van der Waals surface area contributed by atoms with E-state index in [9.17, 15) is 14.7 Å². The molecule has 0 unspecified atom stereocenters. The van der Waals surface area contributed by atoms with Crippen molar-refractivity contribution in [2.24, 2.45) is 0 Å². The van der Waals surface area contributed by atoms with Gasteiger partial charge in [0.05, 0.1) is 12.2 Å². The summed E-state index contributed by atoms with van der Waals surface area (Å²) in [4.78, 5) is 29.1. The van der Waals surface area contributed by atoms with Gasteiger partial charge in [-0.15, -0.1) is 0 Å². The molecule has 1 aliphatic rings. The van der Waals surface area contributed by atoms with E-state index in [-0.39, 0.29) is 22.4 Å². The van der Waals surface area contributed by atoms with Crippen molar-refractivity contribution in [1.29, 1.82) is 0 Å². The van der Waals surface area contributed by atoms with Crippen LogP contribution in [0.3, 0.4) is 0 Å². The van der Waals surface area contributed by atoms with Gasteiger partial charge in [0.2, 0.25) is 5.88 Å². The van der Waals surface area contributed by atoms with E-state index in [0.717, 1.165) is 12.8 Å². The molecule has 0 radical (unpaired) electrons. The van der Waals surface area contributed by atoms with Crippen LogP contribution in [0.4, 0.5) is 0 Å². The fourth-order valence-electron chi connectivity index (χ4n) is 2.38. The molecule has 0 bridgehead atoms. The third-order valence-corrected chi connectivity index (χ3v) is 3.65. The van der Waals surface area contributed by atoms with Crippen LogP contribution in [0.15, 0.2) is 12.3 Å². The molecule has 21 heavy (non-hydrogen) atoms. The van der Waals surface area contributed by atoms with Crippen molar-refractivity contribution in [1.82, 2.24) is 9.88 Å². The molecule has 1 aromatic heterocycles. The lowest BCUT2D eigenvalue weighted by molar-refractivity contribution is -0.143. The van der Waals surface area contributed by atoms with Crippen molar-refractivity contribution in [2.45, 2.75) is 32.2 Å². The Morgan fingerprint density at radius 2 is 2.29 bits per heavy atom. The molecule has 1 aliphatic heterocycles. The summed E-state index contributed by atoms with van der Waals surface area (Å²) in [5.41, 5.74) is 0.275. The number of carbonyl (C=O) groups excluding carboxylic acids is 1. The second kappa shape index (κ2) is 6.76. The summed E-state index contributed by atoms with van der Waals surface area (Å²) < 4.78 is 5.21. The highest BCUT2D eigenvalue weighted by Gasteiger charge is 2.32. The maximum Gasteiger partial charge on any atom is 0.326 e. The van der Waals surface area contributed by atoms with Crippen LogP contribution in [0, 0.1) is 0 Å². The minimum atomic E-state index is -0.979. The Balaban J connectivity index is 2.22. The molecular formula is C14H17ClN2O4. The number of amides is 1. The van der Waals surface area contributed by atoms with Crippen LogP contribution in [0.2, 0.25) is 5.02 Å². The summed E-state index contributed by atoms with van der Waals surface area (Å²) in [6.07, 6.45) is 3.45. The first kappa shape index (κ1) is 15.6. The van der Waals surface area contributed by atoms with E-state index in [2.05, 4.69) is 4.98 Å². The SMILES string of the molecule is CCOc1ncc(C(=O)N2CCCC[C@@H]2C(=O)O)cc1Cl. The number of ether oxygens (including phenoxy) is 1. The minimum Gasteiger partial charge on any atom is -0.480 e. The number of carboxylic acid groups (broad SMARTS) is 1. The topological polar surface area (TPSA) is 79.7 Å². The summed E-state index contributed by atoms with van der Waals surface area (Å²) in [5, 5.41) is 9.46. The largest absolute Gasteiger partial charge is 0.480 e. The summed E-state index contributed by atoms with van der Waals surface area (Å²) in [7, 11) is 0. The fourth-order valence-corrected chi connectivity index (χ4v) is 2.60. The number of nitrogens with zero attached hydrogens (tertiary/aromatic N) is 2. The van der Waals surface area contributed by atoms with Gasteiger partial charge in [-0.25, -0.2) is 9.78 Å². The Bertz CT molecular complexity index is 550. The van der Waals surface area contributed by atoms with Gasteiger partial charge in [0.25, 0.3) is 5.91 Å². The van der Waals surface area contributed by atoms with Gasteiger partial charge in [0.1, 0.15) is 11.1 Å². The van der Waals surface area contributed by atoms with Gasteiger partial charge in [0, 0.05) is 12.7 Å². The number of halogens is 1. The zero-order valence-corrected chi connectivity index (χ0v) is 12.5. The second-order valence-electron chi connectivity index (χ2n) is 4.79. The van der Waals surface area contributed by atoms with E-state index < -0.39 is 12.0 Å². The number of aliphatic carboxylic acids is 1. The first-order valence-corrected chi connectivity index (χ1v) is 7.24. The summed E-state index contributed by atoms with van der Waals surface area (Å²) >= 11 is 6.02. The van der Waals surface area contributed by atoms with E-state index in [0.29, 0.717) is 19.6 Å².